The number of benzene rings is 1. The second-order valence-corrected chi connectivity index (χ2v) is 6.19. The normalized spacial score (nSPS) is 20.1. The molecule has 0 aliphatic carbocycles. The average molecular weight is 364 g/mol. The first kappa shape index (κ1) is 17.6. The number of carbonyl (C=O) groups is 3. The summed E-state index contributed by atoms with van der Waals surface area (Å²) in [6.07, 6.45) is -2.36. The second kappa shape index (κ2) is 6.62. The fraction of sp³-hybridized carbons (Fsp3) is 0.438. The summed E-state index contributed by atoms with van der Waals surface area (Å²) in [5.74, 6) is 0.632. The Labute approximate surface area is 149 Å². The lowest BCUT2D eigenvalue weighted by Gasteiger charge is -2.49. The van der Waals surface area contributed by atoms with Crippen LogP contribution in [-0.2, 0) is 0 Å². The van der Waals surface area contributed by atoms with Crippen LogP contribution in [0.5, 0.6) is 5.75 Å². The summed E-state index contributed by atoms with van der Waals surface area (Å²) in [6, 6.07) is 3.97. The minimum atomic E-state index is -1.28. The van der Waals surface area contributed by atoms with Gasteiger partial charge in [-0.15, -0.1) is 0 Å². The van der Waals surface area contributed by atoms with Gasteiger partial charge in [-0.1, -0.05) is 0 Å². The van der Waals surface area contributed by atoms with Gasteiger partial charge >= 0.3 is 18.2 Å². The van der Waals surface area contributed by atoms with Crippen LogP contribution in [0.3, 0.4) is 0 Å². The van der Waals surface area contributed by atoms with E-state index >= 15 is 0 Å². The number of amides is 4. The van der Waals surface area contributed by atoms with Crippen molar-refractivity contribution in [3.05, 3.63) is 23.8 Å². The molecule has 2 saturated heterocycles. The van der Waals surface area contributed by atoms with Crippen molar-refractivity contribution >= 4 is 23.9 Å². The number of carbonyl (C=O) groups excluding carboxylic acids is 1. The molecule has 26 heavy (non-hydrogen) atoms. The van der Waals surface area contributed by atoms with Gasteiger partial charge in [0, 0.05) is 19.6 Å². The third-order valence-electron chi connectivity index (χ3n) is 4.65. The number of hydrogen-bond donors (Lipinski definition) is 2. The Morgan fingerprint density at radius 3 is 2.46 bits per heavy atom. The zero-order valence-corrected chi connectivity index (χ0v) is 14.5. The molecule has 1 unspecified atom stereocenters. The topological polar surface area (TPSA) is 114 Å². The molecule has 2 aliphatic rings. The summed E-state index contributed by atoms with van der Waals surface area (Å²) >= 11 is 0. The van der Waals surface area contributed by atoms with Crippen LogP contribution in [0, 0.1) is 6.92 Å². The summed E-state index contributed by atoms with van der Waals surface area (Å²) < 4.78 is 5.20. The molecule has 1 atom stereocenters. The summed E-state index contributed by atoms with van der Waals surface area (Å²) in [5, 5.41) is 20.8. The first-order valence-electron chi connectivity index (χ1n) is 8.07. The minimum Gasteiger partial charge on any atom is -0.496 e. The first-order chi connectivity index (χ1) is 12.3. The monoisotopic (exact) mass is 364 g/mol. The van der Waals surface area contributed by atoms with Crippen LogP contribution in [0.2, 0.25) is 0 Å². The minimum absolute atomic E-state index is 0.00404. The number of rotatable bonds is 2. The number of methoxy groups -OCH3 is 1. The van der Waals surface area contributed by atoms with Crippen LogP contribution in [0.25, 0.3) is 0 Å². The first-order valence-corrected chi connectivity index (χ1v) is 8.07. The van der Waals surface area contributed by atoms with Crippen LogP contribution in [0.1, 0.15) is 5.56 Å². The maximum Gasteiger partial charge on any atom is 0.426 e. The summed E-state index contributed by atoms with van der Waals surface area (Å²) in [5.41, 5.74) is 1.18. The highest BCUT2D eigenvalue weighted by Crippen LogP contribution is 2.30. The van der Waals surface area contributed by atoms with E-state index in [2.05, 4.69) is 0 Å². The van der Waals surface area contributed by atoms with Crippen molar-refractivity contribution in [3.8, 4) is 5.75 Å². The number of fused-ring (bicyclic) bond motifs is 1. The van der Waals surface area contributed by atoms with Crippen molar-refractivity contribution in [2.24, 2.45) is 0 Å². The third-order valence-corrected chi connectivity index (χ3v) is 4.65. The molecule has 1 aromatic rings. The standard InChI is InChI=1S/C16H20N4O6/c1-10-7-11(3-4-13(10)26-2)20-14(21)18-6-5-17(15(22)23)8-12(18)9-19(20)16(24)25/h3-4,7,12H,5-6,8-9H2,1-2H3,(H,22,23)(H,24,25). The van der Waals surface area contributed by atoms with E-state index in [-0.39, 0.29) is 26.2 Å². The molecule has 0 aromatic heterocycles. The van der Waals surface area contributed by atoms with Gasteiger partial charge in [0.15, 0.2) is 0 Å². The van der Waals surface area contributed by atoms with Gasteiger partial charge in [0.05, 0.1) is 25.4 Å². The molecule has 0 saturated carbocycles. The number of hydrogen-bond acceptors (Lipinski definition) is 4. The van der Waals surface area contributed by atoms with E-state index in [9.17, 15) is 19.5 Å². The van der Waals surface area contributed by atoms with Gasteiger partial charge in [-0.25, -0.2) is 19.4 Å². The quantitative estimate of drug-likeness (QED) is 0.822. The van der Waals surface area contributed by atoms with Gasteiger partial charge in [0.2, 0.25) is 0 Å². The lowest BCUT2D eigenvalue weighted by molar-refractivity contribution is 0.0420. The Morgan fingerprint density at radius 2 is 1.88 bits per heavy atom. The average Bonchev–Trinajstić information content (AvgIpc) is 2.60. The fourth-order valence-corrected chi connectivity index (χ4v) is 3.35. The number of hydrazine groups is 1. The fourth-order valence-electron chi connectivity index (χ4n) is 3.35. The van der Waals surface area contributed by atoms with Crippen LogP contribution >= 0.6 is 0 Å². The third kappa shape index (κ3) is 2.93. The highest BCUT2D eigenvalue weighted by molar-refractivity contribution is 5.95. The van der Waals surface area contributed by atoms with E-state index in [0.29, 0.717) is 11.4 Å². The van der Waals surface area contributed by atoms with Crippen molar-refractivity contribution in [1.29, 1.82) is 0 Å². The van der Waals surface area contributed by atoms with Gasteiger partial charge in [-0.05, 0) is 30.7 Å². The smallest absolute Gasteiger partial charge is 0.426 e. The molecule has 10 heteroatoms. The number of urea groups is 1. The summed E-state index contributed by atoms with van der Waals surface area (Å²) in [4.78, 5) is 38.6. The molecule has 10 nitrogen and oxygen atoms in total. The lowest BCUT2D eigenvalue weighted by atomic mass is 10.1. The van der Waals surface area contributed by atoms with Gasteiger partial charge < -0.3 is 24.7 Å². The molecule has 2 heterocycles. The number of aryl methyl sites for hydroxylation is 1. The Bertz CT molecular complexity index is 754. The molecule has 0 radical (unpaired) electrons. The zero-order chi connectivity index (χ0) is 19.0. The maximum absolute atomic E-state index is 13.0. The number of nitrogens with zero attached hydrogens (tertiary/aromatic N) is 4. The summed E-state index contributed by atoms with van der Waals surface area (Å²) in [7, 11) is 1.53. The predicted octanol–water partition coefficient (Wildman–Crippen LogP) is 1.50. The van der Waals surface area contributed by atoms with Gasteiger partial charge in [-0.3, -0.25) is 0 Å². The van der Waals surface area contributed by atoms with Crippen molar-refractivity contribution < 1.29 is 29.3 Å². The van der Waals surface area contributed by atoms with Crippen LogP contribution in [-0.4, -0.2) is 82.6 Å². The van der Waals surface area contributed by atoms with E-state index in [1.807, 2.05) is 0 Å². The number of ether oxygens (including phenoxy) is 1. The predicted molar refractivity (Wildman–Crippen MR) is 90.4 cm³/mol. The number of carboxylic acid groups (broad SMARTS) is 2. The van der Waals surface area contributed by atoms with E-state index in [0.717, 1.165) is 15.6 Å². The molecule has 2 aliphatic heterocycles. The van der Waals surface area contributed by atoms with Crippen LogP contribution < -0.4 is 9.75 Å². The molecular weight excluding hydrogens is 344 g/mol. The molecule has 1 aromatic carbocycles. The molecular formula is C16H20N4O6. The lowest BCUT2D eigenvalue weighted by Crippen LogP contribution is -2.70. The molecule has 3 rings (SSSR count). The van der Waals surface area contributed by atoms with Gasteiger partial charge in [0.25, 0.3) is 0 Å². The van der Waals surface area contributed by atoms with E-state index in [1.165, 1.54) is 16.9 Å². The Hall–Kier alpha value is -3.17. The second-order valence-electron chi connectivity index (χ2n) is 6.19. The Morgan fingerprint density at radius 1 is 1.15 bits per heavy atom. The number of piperazine rings is 1. The molecule has 2 fully saturated rings. The van der Waals surface area contributed by atoms with E-state index in [4.69, 9.17) is 9.84 Å². The van der Waals surface area contributed by atoms with E-state index in [1.54, 1.807) is 25.1 Å². The Balaban J connectivity index is 1.93. The van der Waals surface area contributed by atoms with E-state index < -0.39 is 24.3 Å². The van der Waals surface area contributed by atoms with Gasteiger partial charge in [0.1, 0.15) is 5.75 Å². The molecule has 0 spiro atoms. The molecule has 2 N–H and O–H groups in total. The number of anilines is 1. The van der Waals surface area contributed by atoms with Crippen molar-refractivity contribution in [1.82, 2.24) is 14.8 Å². The van der Waals surface area contributed by atoms with Crippen LogP contribution in [0.4, 0.5) is 20.1 Å². The summed E-state index contributed by atoms with van der Waals surface area (Å²) in [6.45, 7) is 2.29. The zero-order valence-electron chi connectivity index (χ0n) is 14.5. The largest absolute Gasteiger partial charge is 0.496 e. The maximum atomic E-state index is 13.0. The van der Waals surface area contributed by atoms with Crippen molar-refractivity contribution in [3.63, 3.8) is 0 Å². The van der Waals surface area contributed by atoms with Gasteiger partial charge in [-0.2, -0.15) is 5.01 Å². The van der Waals surface area contributed by atoms with Crippen molar-refractivity contribution in [2.75, 3.05) is 38.3 Å². The Kier molecular flexibility index (Phi) is 4.49. The van der Waals surface area contributed by atoms with Crippen molar-refractivity contribution in [2.45, 2.75) is 13.0 Å². The molecule has 140 valence electrons. The highest BCUT2D eigenvalue weighted by Gasteiger charge is 2.44. The van der Waals surface area contributed by atoms with Crippen LogP contribution in [0.15, 0.2) is 18.2 Å². The molecule has 0 bridgehead atoms. The molecule has 4 amide bonds. The highest BCUT2D eigenvalue weighted by atomic mass is 16.5. The SMILES string of the molecule is COc1ccc(N2C(=O)N3CCN(C(=O)O)CC3CN2C(=O)O)cc1C.